The SMILES string of the molecule is C[C@H](CCCCCCCCCCCO)N=[N+]=[N-]. The molecule has 0 aromatic rings. The monoisotopic (exact) mass is 241 g/mol. The van der Waals surface area contributed by atoms with Crippen LogP contribution in [0.5, 0.6) is 0 Å². The van der Waals surface area contributed by atoms with Crippen LogP contribution in [0.3, 0.4) is 0 Å². The summed E-state index contributed by atoms with van der Waals surface area (Å²) >= 11 is 0. The molecule has 4 nitrogen and oxygen atoms in total. The van der Waals surface area contributed by atoms with Gasteiger partial charge in [-0.05, 0) is 18.4 Å². The lowest BCUT2D eigenvalue weighted by molar-refractivity contribution is 0.282. The normalized spacial score (nSPS) is 12.1. The van der Waals surface area contributed by atoms with E-state index in [2.05, 4.69) is 10.0 Å². The quantitative estimate of drug-likeness (QED) is 0.231. The molecule has 0 fully saturated rings. The van der Waals surface area contributed by atoms with Crippen LogP contribution in [0.15, 0.2) is 5.11 Å². The number of azide groups is 1. The highest BCUT2D eigenvalue weighted by Crippen LogP contribution is 2.12. The van der Waals surface area contributed by atoms with Crippen LogP contribution in [0.25, 0.3) is 10.4 Å². The molecule has 0 aromatic heterocycles. The van der Waals surface area contributed by atoms with Crippen molar-refractivity contribution < 1.29 is 5.11 Å². The van der Waals surface area contributed by atoms with Crippen molar-refractivity contribution in [2.24, 2.45) is 5.11 Å². The van der Waals surface area contributed by atoms with Crippen LogP contribution in [-0.2, 0) is 0 Å². The molecule has 17 heavy (non-hydrogen) atoms. The average molecular weight is 241 g/mol. The van der Waals surface area contributed by atoms with Gasteiger partial charge in [0.1, 0.15) is 0 Å². The maximum Gasteiger partial charge on any atom is 0.0431 e. The molecule has 100 valence electrons. The van der Waals surface area contributed by atoms with Crippen LogP contribution >= 0.6 is 0 Å². The minimum Gasteiger partial charge on any atom is -0.396 e. The fourth-order valence-electron chi connectivity index (χ4n) is 1.93. The van der Waals surface area contributed by atoms with Gasteiger partial charge in [-0.2, -0.15) is 0 Å². The Hall–Kier alpha value is -0.730. The molecule has 0 saturated carbocycles. The molecule has 0 bridgehead atoms. The Morgan fingerprint density at radius 3 is 1.88 bits per heavy atom. The van der Waals surface area contributed by atoms with E-state index >= 15 is 0 Å². The van der Waals surface area contributed by atoms with Gasteiger partial charge in [-0.1, -0.05) is 63.4 Å². The van der Waals surface area contributed by atoms with E-state index in [0.717, 1.165) is 12.8 Å². The smallest absolute Gasteiger partial charge is 0.0431 e. The van der Waals surface area contributed by atoms with E-state index in [9.17, 15) is 0 Å². The molecule has 0 saturated heterocycles. The molecule has 1 atom stereocenters. The van der Waals surface area contributed by atoms with Crippen molar-refractivity contribution in [3.8, 4) is 0 Å². The molecule has 0 unspecified atom stereocenters. The van der Waals surface area contributed by atoms with Crippen LogP contribution in [-0.4, -0.2) is 17.8 Å². The Labute approximate surface area is 105 Å². The van der Waals surface area contributed by atoms with E-state index in [0.29, 0.717) is 6.61 Å². The molecule has 0 aliphatic carbocycles. The lowest BCUT2D eigenvalue weighted by atomic mass is 10.1. The maximum atomic E-state index is 8.62. The van der Waals surface area contributed by atoms with E-state index in [-0.39, 0.29) is 6.04 Å². The summed E-state index contributed by atoms with van der Waals surface area (Å²) < 4.78 is 0. The molecule has 0 aliphatic heterocycles. The number of hydrogen-bond acceptors (Lipinski definition) is 2. The number of rotatable bonds is 12. The first-order valence-corrected chi connectivity index (χ1v) is 6.96. The molecular formula is C13H27N3O. The summed E-state index contributed by atoms with van der Waals surface area (Å²) in [4.78, 5) is 2.81. The highest BCUT2D eigenvalue weighted by molar-refractivity contribution is 4.60. The standard InChI is InChI=1S/C13H27N3O/c1-13(15-16-14)11-9-7-5-3-2-4-6-8-10-12-17/h13,17H,2-12H2,1H3/t13-/m1/s1. The summed E-state index contributed by atoms with van der Waals surface area (Å²) in [6.07, 6.45) is 12.0. The number of aliphatic hydroxyl groups is 1. The summed E-state index contributed by atoms with van der Waals surface area (Å²) in [5, 5.41) is 12.3. The fourth-order valence-corrected chi connectivity index (χ4v) is 1.93. The molecule has 0 spiro atoms. The predicted octanol–water partition coefficient (Wildman–Crippen LogP) is 4.58. The summed E-state index contributed by atoms with van der Waals surface area (Å²) in [6, 6.07) is 0.151. The van der Waals surface area contributed by atoms with E-state index in [4.69, 9.17) is 10.6 Å². The minimum atomic E-state index is 0.151. The Morgan fingerprint density at radius 1 is 0.941 bits per heavy atom. The van der Waals surface area contributed by atoms with E-state index < -0.39 is 0 Å². The van der Waals surface area contributed by atoms with Crippen molar-refractivity contribution in [3.05, 3.63) is 10.4 Å². The minimum absolute atomic E-state index is 0.151. The Balaban J connectivity index is 3.05. The van der Waals surface area contributed by atoms with Gasteiger partial charge in [-0.3, -0.25) is 0 Å². The molecule has 1 N–H and O–H groups in total. The first kappa shape index (κ1) is 16.3. The van der Waals surface area contributed by atoms with Crippen LogP contribution in [0.4, 0.5) is 0 Å². The third-order valence-electron chi connectivity index (χ3n) is 3.03. The molecule has 0 heterocycles. The van der Waals surface area contributed by atoms with Gasteiger partial charge in [0, 0.05) is 17.6 Å². The summed E-state index contributed by atoms with van der Waals surface area (Å²) in [7, 11) is 0. The third kappa shape index (κ3) is 13.2. The summed E-state index contributed by atoms with van der Waals surface area (Å²) in [5.74, 6) is 0. The van der Waals surface area contributed by atoms with Crippen molar-refractivity contribution in [2.75, 3.05) is 6.61 Å². The summed E-state index contributed by atoms with van der Waals surface area (Å²) in [5.41, 5.74) is 8.24. The average Bonchev–Trinajstić information content (AvgIpc) is 2.32. The zero-order valence-electron chi connectivity index (χ0n) is 11.1. The second kappa shape index (κ2) is 13.3. The van der Waals surface area contributed by atoms with Crippen molar-refractivity contribution in [1.29, 1.82) is 0 Å². The highest BCUT2D eigenvalue weighted by Gasteiger charge is 1.98. The second-order valence-electron chi connectivity index (χ2n) is 4.75. The van der Waals surface area contributed by atoms with Crippen molar-refractivity contribution in [2.45, 2.75) is 77.2 Å². The van der Waals surface area contributed by atoms with Crippen molar-refractivity contribution in [3.63, 3.8) is 0 Å². The van der Waals surface area contributed by atoms with Crippen molar-refractivity contribution in [1.82, 2.24) is 0 Å². The van der Waals surface area contributed by atoms with Crippen LogP contribution in [0.2, 0.25) is 0 Å². The first-order chi connectivity index (χ1) is 8.31. The van der Waals surface area contributed by atoms with E-state index in [1.165, 1.54) is 51.4 Å². The molecule has 0 aromatic carbocycles. The van der Waals surface area contributed by atoms with Gasteiger partial charge in [0.05, 0.1) is 0 Å². The lowest BCUT2D eigenvalue weighted by Gasteiger charge is -2.04. The van der Waals surface area contributed by atoms with E-state index in [1.807, 2.05) is 6.92 Å². The maximum absolute atomic E-state index is 8.62. The molecule has 0 radical (unpaired) electrons. The fraction of sp³-hybridized carbons (Fsp3) is 1.00. The lowest BCUT2D eigenvalue weighted by Crippen LogP contribution is -1.95. The number of nitrogens with zero attached hydrogens (tertiary/aromatic N) is 3. The first-order valence-electron chi connectivity index (χ1n) is 6.96. The van der Waals surface area contributed by atoms with Crippen molar-refractivity contribution >= 4 is 0 Å². The van der Waals surface area contributed by atoms with Gasteiger partial charge in [0.25, 0.3) is 0 Å². The Kier molecular flexibility index (Phi) is 12.8. The van der Waals surface area contributed by atoms with Gasteiger partial charge in [0.15, 0.2) is 0 Å². The van der Waals surface area contributed by atoms with E-state index in [1.54, 1.807) is 0 Å². The van der Waals surface area contributed by atoms with Gasteiger partial charge in [-0.25, -0.2) is 0 Å². The third-order valence-corrected chi connectivity index (χ3v) is 3.03. The number of unbranched alkanes of at least 4 members (excludes halogenated alkanes) is 8. The molecule has 0 rings (SSSR count). The topological polar surface area (TPSA) is 69.0 Å². The number of aliphatic hydroxyl groups excluding tert-OH is 1. The van der Waals surface area contributed by atoms with Crippen LogP contribution < -0.4 is 0 Å². The Morgan fingerprint density at radius 2 is 1.41 bits per heavy atom. The zero-order valence-corrected chi connectivity index (χ0v) is 11.1. The largest absolute Gasteiger partial charge is 0.396 e. The Bertz CT molecular complexity index is 203. The molecular weight excluding hydrogens is 214 g/mol. The van der Waals surface area contributed by atoms with Crippen LogP contribution in [0, 0.1) is 0 Å². The molecule has 0 aliphatic rings. The van der Waals surface area contributed by atoms with Gasteiger partial charge in [-0.15, -0.1) is 0 Å². The van der Waals surface area contributed by atoms with Gasteiger partial charge < -0.3 is 5.11 Å². The van der Waals surface area contributed by atoms with Gasteiger partial charge in [0.2, 0.25) is 0 Å². The molecule has 0 amide bonds. The highest BCUT2D eigenvalue weighted by atomic mass is 16.2. The summed E-state index contributed by atoms with van der Waals surface area (Å²) in [6.45, 7) is 2.31. The number of hydrogen-bond donors (Lipinski definition) is 1. The van der Waals surface area contributed by atoms with Crippen LogP contribution in [0.1, 0.15) is 71.1 Å². The predicted molar refractivity (Wildman–Crippen MR) is 71.9 cm³/mol. The van der Waals surface area contributed by atoms with Gasteiger partial charge >= 0.3 is 0 Å². The zero-order chi connectivity index (χ0) is 12.8. The second-order valence-corrected chi connectivity index (χ2v) is 4.75. The molecule has 4 heteroatoms.